The molecule has 2 aliphatic heterocycles. The van der Waals surface area contributed by atoms with Gasteiger partial charge in [0.25, 0.3) is 5.91 Å². The highest BCUT2D eigenvalue weighted by Gasteiger charge is 2.49. The molecule has 5 nitrogen and oxygen atoms in total. The fraction of sp³-hybridized carbons (Fsp3) is 0.304. The van der Waals surface area contributed by atoms with Crippen LogP contribution in [-0.4, -0.2) is 46.2 Å². The molecule has 29 heavy (non-hydrogen) atoms. The summed E-state index contributed by atoms with van der Waals surface area (Å²) in [5, 5.41) is 1.07. The van der Waals surface area contributed by atoms with E-state index in [0.29, 0.717) is 25.2 Å². The lowest BCUT2D eigenvalue weighted by Gasteiger charge is -2.29. The molecule has 2 amide bonds. The molecule has 148 valence electrons. The molecule has 2 saturated heterocycles. The molecule has 1 N–H and O–H groups in total. The summed E-state index contributed by atoms with van der Waals surface area (Å²) in [6.07, 6.45) is 1.86. The van der Waals surface area contributed by atoms with Crippen molar-refractivity contribution in [3.63, 3.8) is 0 Å². The van der Waals surface area contributed by atoms with E-state index in [1.165, 1.54) is 12.1 Å². The average molecular weight is 391 g/mol. The Labute approximate surface area is 168 Å². The summed E-state index contributed by atoms with van der Waals surface area (Å²) in [6.45, 7) is 3.33. The van der Waals surface area contributed by atoms with Crippen molar-refractivity contribution in [2.75, 3.05) is 19.6 Å². The van der Waals surface area contributed by atoms with Crippen molar-refractivity contribution in [1.82, 2.24) is 14.8 Å². The smallest absolute Gasteiger partial charge is 0.253 e. The second-order valence-electron chi connectivity index (χ2n) is 8.08. The number of fused-ring (bicyclic) bond motifs is 2. The molecular weight excluding hydrogens is 369 g/mol. The first-order chi connectivity index (χ1) is 14.0. The molecule has 2 fully saturated rings. The minimum Gasteiger partial charge on any atom is -0.361 e. The molecule has 6 heteroatoms. The zero-order valence-corrected chi connectivity index (χ0v) is 16.1. The highest BCUT2D eigenvalue weighted by Crippen LogP contribution is 2.45. The third kappa shape index (κ3) is 2.99. The molecule has 0 saturated carbocycles. The number of halogens is 1. The van der Waals surface area contributed by atoms with Gasteiger partial charge in [-0.25, -0.2) is 4.39 Å². The number of likely N-dealkylation sites (tertiary alicyclic amines) is 2. The van der Waals surface area contributed by atoms with E-state index in [1.807, 2.05) is 46.3 Å². The number of amides is 2. The van der Waals surface area contributed by atoms with Crippen molar-refractivity contribution in [3.05, 3.63) is 71.7 Å². The maximum atomic E-state index is 13.8. The van der Waals surface area contributed by atoms with Gasteiger partial charge in [-0.2, -0.15) is 0 Å². The summed E-state index contributed by atoms with van der Waals surface area (Å²) in [7, 11) is 0. The maximum Gasteiger partial charge on any atom is 0.253 e. The van der Waals surface area contributed by atoms with Gasteiger partial charge in [0.1, 0.15) is 5.82 Å². The molecule has 0 bridgehead atoms. The zero-order chi connectivity index (χ0) is 20.1. The van der Waals surface area contributed by atoms with E-state index >= 15 is 0 Å². The van der Waals surface area contributed by atoms with E-state index in [4.69, 9.17) is 0 Å². The topological polar surface area (TPSA) is 56.4 Å². The van der Waals surface area contributed by atoms with E-state index in [1.54, 1.807) is 13.0 Å². The van der Waals surface area contributed by atoms with Crippen molar-refractivity contribution in [3.8, 4) is 0 Å². The van der Waals surface area contributed by atoms with E-state index in [0.717, 1.165) is 16.5 Å². The summed E-state index contributed by atoms with van der Waals surface area (Å²) in [4.78, 5) is 32.2. The Balaban J connectivity index is 1.42. The highest BCUT2D eigenvalue weighted by molar-refractivity contribution is 5.98. The van der Waals surface area contributed by atoms with Crippen LogP contribution in [0.25, 0.3) is 10.9 Å². The summed E-state index contributed by atoms with van der Waals surface area (Å²) in [6, 6.07) is 13.9. The van der Waals surface area contributed by atoms with Crippen LogP contribution in [0.15, 0.2) is 54.7 Å². The average Bonchev–Trinajstić information content (AvgIpc) is 3.40. The van der Waals surface area contributed by atoms with Crippen molar-refractivity contribution in [2.24, 2.45) is 11.8 Å². The number of carbonyl (C=O) groups excluding carboxylic acids is 2. The Bertz CT molecular complexity index is 1110. The second kappa shape index (κ2) is 6.72. The number of carbonyl (C=O) groups is 2. The number of H-pyrrole nitrogens is 1. The van der Waals surface area contributed by atoms with Gasteiger partial charge in [0.2, 0.25) is 5.91 Å². The lowest BCUT2D eigenvalue weighted by Crippen LogP contribution is -2.36. The van der Waals surface area contributed by atoms with Crippen LogP contribution in [0, 0.1) is 17.7 Å². The van der Waals surface area contributed by atoms with Gasteiger partial charge in [0, 0.05) is 55.7 Å². The molecule has 1 aromatic heterocycles. The second-order valence-corrected chi connectivity index (χ2v) is 8.08. The van der Waals surface area contributed by atoms with Crippen molar-refractivity contribution in [1.29, 1.82) is 0 Å². The zero-order valence-electron chi connectivity index (χ0n) is 16.1. The first-order valence-corrected chi connectivity index (χ1v) is 9.90. The van der Waals surface area contributed by atoms with Gasteiger partial charge in [-0.05, 0) is 41.3 Å². The fourth-order valence-corrected chi connectivity index (χ4v) is 5.02. The van der Waals surface area contributed by atoms with Crippen molar-refractivity contribution >= 4 is 22.7 Å². The molecule has 3 atom stereocenters. The van der Waals surface area contributed by atoms with Crippen LogP contribution in [0.5, 0.6) is 0 Å². The lowest BCUT2D eigenvalue weighted by atomic mass is 9.89. The van der Waals surface area contributed by atoms with Crippen LogP contribution in [0.1, 0.15) is 28.9 Å². The molecule has 2 aromatic carbocycles. The van der Waals surface area contributed by atoms with E-state index in [2.05, 4.69) is 4.98 Å². The Morgan fingerprint density at radius 2 is 1.93 bits per heavy atom. The van der Waals surface area contributed by atoms with Gasteiger partial charge in [-0.3, -0.25) is 9.59 Å². The number of benzene rings is 2. The Hall–Kier alpha value is -3.15. The SMILES string of the molecule is CC(=O)N1C[C@H]2CN(C(=O)c3ccc4cc[nH]c4c3)C[C@H]2[C@@H]1c1cccc(F)c1. The van der Waals surface area contributed by atoms with Crippen LogP contribution in [0.3, 0.4) is 0 Å². The predicted molar refractivity (Wildman–Crippen MR) is 108 cm³/mol. The van der Waals surface area contributed by atoms with Gasteiger partial charge in [-0.1, -0.05) is 18.2 Å². The van der Waals surface area contributed by atoms with Gasteiger partial charge in [0.05, 0.1) is 6.04 Å². The standard InChI is InChI=1S/C23H22FN3O2/c1-14(28)27-12-18-11-26(13-20(18)22(27)16-3-2-4-19(24)9-16)23(29)17-6-5-15-7-8-25-21(15)10-17/h2-10,18,20,22,25H,11-13H2,1H3/t18-,20-,22+/m1/s1. The molecule has 2 aliphatic rings. The molecule has 0 radical (unpaired) electrons. The molecule has 3 heterocycles. The van der Waals surface area contributed by atoms with Crippen LogP contribution in [0.2, 0.25) is 0 Å². The van der Waals surface area contributed by atoms with Gasteiger partial charge < -0.3 is 14.8 Å². The third-order valence-electron chi connectivity index (χ3n) is 6.35. The summed E-state index contributed by atoms with van der Waals surface area (Å²) < 4.78 is 13.8. The first kappa shape index (κ1) is 17.9. The summed E-state index contributed by atoms with van der Waals surface area (Å²) in [5.74, 6) is -0.00385. The third-order valence-corrected chi connectivity index (χ3v) is 6.35. The summed E-state index contributed by atoms with van der Waals surface area (Å²) >= 11 is 0. The molecule has 5 rings (SSSR count). The summed E-state index contributed by atoms with van der Waals surface area (Å²) in [5.41, 5.74) is 2.40. The maximum absolute atomic E-state index is 13.8. The molecule has 0 spiro atoms. The quantitative estimate of drug-likeness (QED) is 0.726. The number of aromatic amines is 1. The number of hydrogen-bond donors (Lipinski definition) is 1. The van der Waals surface area contributed by atoms with Crippen molar-refractivity contribution < 1.29 is 14.0 Å². The first-order valence-electron chi connectivity index (χ1n) is 9.90. The number of aromatic nitrogens is 1. The van der Waals surface area contributed by atoms with E-state index in [9.17, 15) is 14.0 Å². The van der Waals surface area contributed by atoms with Crippen molar-refractivity contribution in [2.45, 2.75) is 13.0 Å². The fourth-order valence-electron chi connectivity index (χ4n) is 5.02. The monoisotopic (exact) mass is 391 g/mol. The van der Waals surface area contributed by atoms with Gasteiger partial charge in [0.15, 0.2) is 0 Å². The lowest BCUT2D eigenvalue weighted by molar-refractivity contribution is -0.130. The van der Waals surface area contributed by atoms with Gasteiger partial charge >= 0.3 is 0 Å². The Morgan fingerprint density at radius 1 is 1.07 bits per heavy atom. The molecule has 0 aliphatic carbocycles. The Kier molecular flexibility index (Phi) is 4.15. The highest BCUT2D eigenvalue weighted by atomic mass is 19.1. The predicted octanol–water partition coefficient (Wildman–Crippen LogP) is 3.60. The van der Waals surface area contributed by atoms with E-state index < -0.39 is 0 Å². The van der Waals surface area contributed by atoms with Crippen LogP contribution in [-0.2, 0) is 4.79 Å². The normalized spacial score (nSPS) is 23.6. The van der Waals surface area contributed by atoms with Crippen LogP contribution >= 0.6 is 0 Å². The molecule has 0 unspecified atom stereocenters. The van der Waals surface area contributed by atoms with Crippen LogP contribution in [0.4, 0.5) is 4.39 Å². The Morgan fingerprint density at radius 3 is 2.72 bits per heavy atom. The van der Waals surface area contributed by atoms with Crippen LogP contribution < -0.4 is 0 Å². The minimum absolute atomic E-state index is 0.00303. The van der Waals surface area contributed by atoms with Gasteiger partial charge in [-0.15, -0.1) is 0 Å². The van der Waals surface area contributed by atoms with E-state index in [-0.39, 0.29) is 35.5 Å². The molecule has 3 aromatic rings. The number of nitrogens with zero attached hydrogens (tertiary/aromatic N) is 2. The number of hydrogen-bond acceptors (Lipinski definition) is 2. The largest absolute Gasteiger partial charge is 0.361 e. The number of rotatable bonds is 2. The molecular formula is C23H22FN3O2. The number of nitrogens with one attached hydrogen (secondary N) is 1. The minimum atomic E-state index is -0.306.